The molecule has 3 rings (SSSR count). The molecule has 1 aliphatic heterocycles. The molecule has 1 amide bonds. The molecule has 2 aromatic carbocycles. The van der Waals surface area contributed by atoms with Gasteiger partial charge in [0.2, 0.25) is 5.91 Å². The molecule has 24 heavy (non-hydrogen) atoms. The Morgan fingerprint density at radius 2 is 1.92 bits per heavy atom. The minimum atomic E-state index is -0.246. The molecule has 0 radical (unpaired) electrons. The number of morpholine rings is 1. The third kappa shape index (κ3) is 4.63. The van der Waals surface area contributed by atoms with Gasteiger partial charge >= 0.3 is 0 Å². The molecule has 0 unspecified atom stereocenters. The van der Waals surface area contributed by atoms with Crippen molar-refractivity contribution in [3.05, 3.63) is 66.0 Å². The summed E-state index contributed by atoms with van der Waals surface area (Å²) < 4.78 is 18.8. The standard InChI is InChI=1S/C19H21FN2O2/c20-16-8-6-15(7-9-16)18-14-22(12-13-24-18)11-10-19(23)21-17-4-2-1-3-5-17/h1-9,18H,10-14H2,(H,21,23)/t18-/m0/s1. The van der Waals surface area contributed by atoms with E-state index in [1.165, 1.54) is 12.1 Å². The Hall–Kier alpha value is -2.24. The summed E-state index contributed by atoms with van der Waals surface area (Å²) in [6, 6.07) is 15.9. The fourth-order valence-corrected chi connectivity index (χ4v) is 2.79. The van der Waals surface area contributed by atoms with Crippen molar-refractivity contribution < 1.29 is 13.9 Å². The second-order valence-electron chi connectivity index (χ2n) is 5.88. The first-order chi connectivity index (χ1) is 11.7. The van der Waals surface area contributed by atoms with Crippen molar-refractivity contribution in [1.29, 1.82) is 0 Å². The Morgan fingerprint density at radius 3 is 2.67 bits per heavy atom. The van der Waals surface area contributed by atoms with Gasteiger partial charge in [-0.1, -0.05) is 30.3 Å². The first-order valence-corrected chi connectivity index (χ1v) is 8.15. The molecule has 4 nitrogen and oxygen atoms in total. The smallest absolute Gasteiger partial charge is 0.225 e. The van der Waals surface area contributed by atoms with Gasteiger partial charge in [0.15, 0.2) is 0 Å². The van der Waals surface area contributed by atoms with E-state index in [1.807, 2.05) is 30.3 Å². The lowest BCUT2D eigenvalue weighted by atomic mass is 10.1. The normalized spacial score (nSPS) is 18.3. The van der Waals surface area contributed by atoms with Crippen LogP contribution in [0.4, 0.5) is 10.1 Å². The third-order valence-corrected chi connectivity index (χ3v) is 4.11. The molecule has 1 aliphatic rings. The molecule has 2 aromatic rings. The minimum Gasteiger partial charge on any atom is -0.371 e. The van der Waals surface area contributed by atoms with E-state index in [9.17, 15) is 9.18 Å². The van der Waals surface area contributed by atoms with Crippen LogP contribution in [0.2, 0.25) is 0 Å². The molecular weight excluding hydrogens is 307 g/mol. The van der Waals surface area contributed by atoms with Crippen LogP contribution in [0.15, 0.2) is 54.6 Å². The molecule has 0 spiro atoms. The van der Waals surface area contributed by atoms with E-state index in [1.54, 1.807) is 12.1 Å². The molecule has 1 atom stereocenters. The second kappa shape index (κ2) is 8.04. The predicted molar refractivity (Wildman–Crippen MR) is 91.2 cm³/mol. The largest absolute Gasteiger partial charge is 0.371 e. The molecule has 0 aromatic heterocycles. The van der Waals surface area contributed by atoms with Crippen LogP contribution in [0.5, 0.6) is 0 Å². The average Bonchev–Trinajstić information content (AvgIpc) is 2.62. The van der Waals surface area contributed by atoms with Crippen molar-refractivity contribution in [2.45, 2.75) is 12.5 Å². The molecule has 0 bridgehead atoms. The van der Waals surface area contributed by atoms with Gasteiger partial charge in [0.25, 0.3) is 0 Å². The van der Waals surface area contributed by atoms with Crippen LogP contribution >= 0.6 is 0 Å². The summed E-state index contributed by atoms with van der Waals surface area (Å²) in [5.41, 5.74) is 1.78. The number of hydrogen-bond acceptors (Lipinski definition) is 3. The highest BCUT2D eigenvalue weighted by Gasteiger charge is 2.22. The van der Waals surface area contributed by atoms with Gasteiger partial charge in [-0.05, 0) is 29.8 Å². The number of halogens is 1. The molecule has 0 saturated carbocycles. The molecule has 126 valence electrons. The Labute approximate surface area is 141 Å². The van der Waals surface area contributed by atoms with Crippen LogP contribution in [-0.4, -0.2) is 37.0 Å². The summed E-state index contributed by atoms with van der Waals surface area (Å²) in [5, 5.41) is 2.89. The lowest BCUT2D eigenvalue weighted by Gasteiger charge is -2.33. The highest BCUT2D eigenvalue weighted by Crippen LogP contribution is 2.22. The number of nitrogens with zero attached hydrogens (tertiary/aromatic N) is 1. The van der Waals surface area contributed by atoms with E-state index in [2.05, 4.69) is 10.2 Å². The van der Waals surface area contributed by atoms with E-state index in [0.717, 1.165) is 17.8 Å². The minimum absolute atomic E-state index is 0.00558. The van der Waals surface area contributed by atoms with E-state index in [4.69, 9.17) is 4.74 Å². The molecule has 1 N–H and O–H groups in total. The van der Waals surface area contributed by atoms with Gasteiger partial charge in [-0.2, -0.15) is 0 Å². The van der Waals surface area contributed by atoms with Crippen LogP contribution in [0, 0.1) is 5.82 Å². The van der Waals surface area contributed by atoms with E-state index in [0.29, 0.717) is 26.1 Å². The zero-order valence-corrected chi connectivity index (χ0v) is 13.5. The maximum atomic E-state index is 13.0. The van der Waals surface area contributed by atoms with Crippen LogP contribution in [0.25, 0.3) is 0 Å². The zero-order chi connectivity index (χ0) is 16.8. The van der Waals surface area contributed by atoms with Crippen LogP contribution in [0.1, 0.15) is 18.1 Å². The van der Waals surface area contributed by atoms with Crippen molar-refractivity contribution in [2.75, 3.05) is 31.6 Å². The highest BCUT2D eigenvalue weighted by atomic mass is 19.1. The highest BCUT2D eigenvalue weighted by molar-refractivity contribution is 5.90. The maximum Gasteiger partial charge on any atom is 0.225 e. The maximum absolute atomic E-state index is 13.0. The Kier molecular flexibility index (Phi) is 5.56. The second-order valence-corrected chi connectivity index (χ2v) is 5.88. The summed E-state index contributed by atoms with van der Waals surface area (Å²) >= 11 is 0. The van der Waals surface area contributed by atoms with Gasteiger partial charge in [0, 0.05) is 31.7 Å². The number of para-hydroxylation sites is 1. The first-order valence-electron chi connectivity index (χ1n) is 8.15. The summed E-state index contributed by atoms with van der Waals surface area (Å²) in [6.45, 7) is 2.81. The summed E-state index contributed by atoms with van der Waals surface area (Å²) in [4.78, 5) is 14.2. The topological polar surface area (TPSA) is 41.6 Å². The van der Waals surface area contributed by atoms with Crippen molar-refractivity contribution in [3.63, 3.8) is 0 Å². The van der Waals surface area contributed by atoms with Crippen molar-refractivity contribution in [3.8, 4) is 0 Å². The molecule has 5 heteroatoms. The number of ether oxygens (including phenoxy) is 1. The summed E-state index contributed by atoms with van der Waals surface area (Å²) in [6.07, 6.45) is 0.363. The van der Waals surface area contributed by atoms with Crippen molar-refractivity contribution in [2.24, 2.45) is 0 Å². The number of rotatable bonds is 5. The van der Waals surface area contributed by atoms with Gasteiger partial charge in [0.1, 0.15) is 5.82 Å². The van der Waals surface area contributed by atoms with Gasteiger partial charge in [0.05, 0.1) is 12.7 Å². The van der Waals surface area contributed by atoms with Gasteiger partial charge in [-0.25, -0.2) is 4.39 Å². The quantitative estimate of drug-likeness (QED) is 0.916. The Bertz CT molecular complexity index is 661. The summed E-state index contributed by atoms with van der Waals surface area (Å²) in [7, 11) is 0. The number of nitrogens with one attached hydrogen (secondary N) is 1. The molecular formula is C19H21FN2O2. The van der Waals surface area contributed by atoms with E-state index in [-0.39, 0.29) is 17.8 Å². The van der Waals surface area contributed by atoms with Crippen LogP contribution in [0.3, 0.4) is 0 Å². The Morgan fingerprint density at radius 1 is 1.17 bits per heavy atom. The van der Waals surface area contributed by atoms with Gasteiger partial charge < -0.3 is 10.1 Å². The predicted octanol–water partition coefficient (Wildman–Crippen LogP) is 3.23. The van der Waals surface area contributed by atoms with E-state index >= 15 is 0 Å². The Balaban J connectivity index is 1.48. The van der Waals surface area contributed by atoms with E-state index < -0.39 is 0 Å². The molecule has 1 heterocycles. The monoisotopic (exact) mass is 328 g/mol. The fraction of sp³-hybridized carbons (Fsp3) is 0.316. The van der Waals surface area contributed by atoms with Crippen LogP contribution in [-0.2, 0) is 9.53 Å². The lowest BCUT2D eigenvalue weighted by Crippen LogP contribution is -2.39. The zero-order valence-electron chi connectivity index (χ0n) is 13.5. The molecule has 1 saturated heterocycles. The van der Waals surface area contributed by atoms with Gasteiger partial charge in [-0.3, -0.25) is 9.69 Å². The number of hydrogen-bond donors (Lipinski definition) is 1. The summed E-state index contributed by atoms with van der Waals surface area (Å²) in [5.74, 6) is -0.241. The number of carbonyl (C=O) groups is 1. The molecule has 1 fully saturated rings. The van der Waals surface area contributed by atoms with Crippen LogP contribution < -0.4 is 5.32 Å². The average molecular weight is 328 g/mol. The van der Waals surface area contributed by atoms with Gasteiger partial charge in [-0.15, -0.1) is 0 Å². The number of benzene rings is 2. The number of anilines is 1. The third-order valence-electron chi connectivity index (χ3n) is 4.11. The lowest BCUT2D eigenvalue weighted by molar-refractivity contribution is -0.117. The number of amides is 1. The molecule has 0 aliphatic carbocycles. The fourth-order valence-electron chi connectivity index (χ4n) is 2.79. The number of carbonyl (C=O) groups excluding carboxylic acids is 1. The SMILES string of the molecule is O=C(CCN1CCO[C@H](c2ccc(F)cc2)C1)Nc1ccccc1. The first kappa shape index (κ1) is 16.6. The van der Waals surface area contributed by atoms with Crippen molar-refractivity contribution in [1.82, 2.24) is 4.90 Å². The van der Waals surface area contributed by atoms with Crippen molar-refractivity contribution >= 4 is 11.6 Å².